The SMILES string of the molecule is COC(=O)C1CCCCN1C(=O)C(C)NC(=O)C(C)(C)C. The van der Waals surface area contributed by atoms with Crippen molar-refractivity contribution in [1.82, 2.24) is 10.2 Å². The van der Waals surface area contributed by atoms with E-state index >= 15 is 0 Å². The molecule has 6 nitrogen and oxygen atoms in total. The molecule has 1 heterocycles. The van der Waals surface area contributed by atoms with Crippen LogP contribution in [0.25, 0.3) is 0 Å². The molecule has 0 aromatic carbocycles. The largest absolute Gasteiger partial charge is 0.467 e. The second-order valence-electron chi connectivity index (χ2n) is 6.51. The molecule has 0 radical (unpaired) electrons. The molecule has 2 unspecified atom stereocenters. The number of piperidine rings is 1. The quantitative estimate of drug-likeness (QED) is 0.791. The molecule has 2 atom stereocenters. The van der Waals surface area contributed by atoms with Crippen LogP contribution in [0.15, 0.2) is 0 Å². The zero-order chi connectivity index (χ0) is 16.2. The molecule has 1 aliphatic heterocycles. The van der Waals surface area contributed by atoms with Gasteiger partial charge in [0.2, 0.25) is 11.8 Å². The van der Waals surface area contributed by atoms with E-state index in [0.29, 0.717) is 13.0 Å². The van der Waals surface area contributed by atoms with Gasteiger partial charge in [-0.1, -0.05) is 20.8 Å². The summed E-state index contributed by atoms with van der Waals surface area (Å²) in [6.45, 7) is 7.54. The van der Waals surface area contributed by atoms with E-state index < -0.39 is 23.5 Å². The maximum absolute atomic E-state index is 12.5. The van der Waals surface area contributed by atoms with Crippen LogP contribution in [-0.2, 0) is 19.1 Å². The van der Waals surface area contributed by atoms with Crippen LogP contribution in [0.5, 0.6) is 0 Å². The van der Waals surface area contributed by atoms with E-state index in [4.69, 9.17) is 4.74 Å². The topological polar surface area (TPSA) is 75.7 Å². The van der Waals surface area contributed by atoms with E-state index in [0.717, 1.165) is 12.8 Å². The Bertz CT molecular complexity index is 414. The van der Waals surface area contributed by atoms with Crippen LogP contribution < -0.4 is 5.32 Å². The Morgan fingerprint density at radius 2 is 1.86 bits per heavy atom. The second kappa shape index (κ2) is 6.91. The molecular formula is C15H26N2O4. The smallest absolute Gasteiger partial charge is 0.328 e. The van der Waals surface area contributed by atoms with Crippen molar-refractivity contribution >= 4 is 17.8 Å². The van der Waals surface area contributed by atoms with Gasteiger partial charge in [-0.25, -0.2) is 4.79 Å². The van der Waals surface area contributed by atoms with Gasteiger partial charge in [0.25, 0.3) is 0 Å². The summed E-state index contributed by atoms with van der Waals surface area (Å²) < 4.78 is 4.77. The number of methoxy groups -OCH3 is 1. The maximum atomic E-state index is 12.5. The number of nitrogens with zero attached hydrogens (tertiary/aromatic N) is 1. The number of amides is 2. The van der Waals surface area contributed by atoms with Crippen molar-refractivity contribution in [2.24, 2.45) is 5.41 Å². The van der Waals surface area contributed by atoms with Gasteiger partial charge in [-0.05, 0) is 26.2 Å². The highest BCUT2D eigenvalue weighted by Gasteiger charge is 2.36. The molecule has 2 amide bonds. The molecule has 0 spiro atoms. The zero-order valence-electron chi connectivity index (χ0n) is 13.6. The van der Waals surface area contributed by atoms with Gasteiger partial charge in [0, 0.05) is 12.0 Å². The van der Waals surface area contributed by atoms with Gasteiger partial charge in [0.1, 0.15) is 12.1 Å². The van der Waals surface area contributed by atoms with Crippen molar-refractivity contribution in [3.63, 3.8) is 0 Å². The minimum atomic E-state index is -0.651. The number of rotatable bonds is 3. The highest BCUT2D eigenvalue weighted by atomic mass is 16.5. The van der Waals surface area contributed by atoms with Crippen LogP contribution >= 0.6 is 0 Å². The summed E-state index contributed by atoms with van der Waals surface area (Å²) >= 11 is 0. The number of hydrogen-bond donors (Lipinski definition) is 1. The Kier molecular flexibility index (Phi) is 5.75. The van der Waals surface area contributed by atoms with Gasteiger partial charge < -0.3 is 15.0 Å². The second-order valence-corrected chi connectivity index (χ2v) is 6.51. The standard InChI is InChI=1S/C15H26N2O4/c1-10(16-14(20)15(2,3)4)12(18)17-9-7-6-8-11(17)13(19)21-5/h10-11H,6-9H2,1-5H3,(H,16,20). The van der Waals surface area contributed by atoms with E-state index in [-0.39, 0.29) is 11.8 Å². The minimum absolute atomic E-state index is 0.185. The molecule has 1 saturated heterocycles. The summed E-state index contributed by atoms with van der Waals surface area (Å²) in [5.74, 6) is -0.810. The Labute approximate surface area is 126 Å². The summed E-state index contributed by atoms with van der Waals surface area (Å²) in [5, 5.41) is 2.71. The van der Waals surface area contributed by atoms with Crippen molar-refractivity contribution in [3.05, 3.63) is 0 Å². The number of carbonyl (C=O) groups excluding carboxylic acids is 3. The Hall–Kier alpha value is -1.59. The summed E-state index contributed by atoms with van der Waals surface area (Å²) in [6, 6.07) is -1.19. The van der Waals surface area contributed by atoms with Crippen LogP contribution in [0.3, 0.4) is 0 Å². The summed E-state index contributed by atoms with van der Waals surface area (Å²) in [6.07, 6.45) is 2.36. The number of likely N-dealkylation sites (tertiary alicyclic amines) is 1. The molecule has 1 fully saturated rings. The van der Waals surface area contributed by atoms with Crippen LogP contribution in [0, 0.1) is 5.41 Å². The highest BCUT2D eigenvalue weighted by molar-refractivity contribution is 5.91. The van der Waals surface area contributed by atoms with E-state index in [1.807, 2.05) is 0 Å². The third kappa shape index (κ3) is 4.44. The summed E-state index contributed by atoms with van der Waals surface area (Å²) in [4.78, 5) is 37.8. The molecule has 1 rings (SSSR count). The molecule has 6 heteroatoms. The van der Waals surface area contributed by atoms with E-state index in [1.165, 1.54) is 12.0 Å². The lowest BCUT2D eigenvalue weighted by Gasteiger charge is -2.35. The Morgan fingerprint density at radius 3 is 2.38 bits per heavy atom. The number of carbonyl (C=O) groups is 3. The van der Waals surface area contributed by atoms with Gasteiger partial charge in [-0.2, -0.15) is 0 Å². The Morgan fingerprint density at radius 1 is 1.24 bits per heavy atom. The normalized spacial score (nSPS) is 20.6. The molecule has 1 aliphatic rings. The van der Waals surface area contributed by atoms with Crippen molar-refractivity contribution in [2.75, 3.05) is 13.7 Å². The average molecular weight is 298 g/mol. The van der Waals surface area contributed by atoms with E-state index in [9.17, 15) is 14.4 Å². The highest BCUT2D eigenvalue weighted by Crippen LogP contribution is 2.20. The fraction of sp³-hybridized carbons (Fsp3) is 0.800. The van der Waals surface area contributed by atoms with Crippen molar-refractivity contribution in [3.8, 4) is 0 Å². The first-order valence-electron chi connectivity index (χ1n) is 7.37. The third-order valence-electron chi connectivity index (χ3n) is 3.66. The molecule has 1 N–H and O–H groups in total. The minimum Gasteiger partial charge on any atom is -0.467 e. The predicted molar refractivity (Wildman–Crippen MR) is 78.4 cm³/mol. The van der Waals surface area contributed by atoms with Crippen molar-refractivity contribution in [2.45, 2.75) is 59.0 Å². The molecule has 0 aromatic heterocycles. The molecule has 21 heavy (non-hydrogen) atoms. The molecule has 120 valence electrons. The molecule has 0 aromatic rings. The molecule has 0 aliphatic carbocycles. The number of ether oxygens (including phenoxy) is 1. The first-order chi connectivity index (χ1) is 9.68. The summed E-state index contributed by atoms with van der Waals surface area (Å²) in [5.41, 5.74) is -0.557. The fourth-order valence-electron chi connectivity index (χ4n) is 2.30. The van der Waals surface area contributed by atoms with Gasteiger partial charge in [0.15, 0.2) is 0 Å². The maximum Gasteiger partial charge on any atom is 0.328 e. The predicted octanol–water partition coefficient (Wildman–Crippen LogP) is 1.09. The van der Waals surface area contributed by atoms with Crippen LogP contribution in [0.1, 0.15) is 47.0 Å². The summed E-state index contributed by atoms with van der Waals surface area (Å²) in [7, 11) is 1.32. The fourth-order valence-corrected chi connectivity index (χ4v) is 2.30. The third-order valence-corrected chi connectivity index (χ3v) is 3.66. The van der Waals surface area contributed by atoms with Gasteiger partial charge in [-0.3, -0.25) is 9.59 Å². The average Bonchev–Trinajstić information content (AvgIpc) is 2.44. The van der Waals surface area contributed by atoms with Crippen molar-refractivity contribution in [1.29, 1.82) is 0 Å². The van der Waals surface area contributed by atoms with E-state index in [1.54, 1.807) is 27.7 Å². The monoisotopic (exact) mass is 298 g/mol. The molecule has 0 bridgehead atoms. The lowest BCUT2D eigenvalue weighted by molar-refractivity contribution is -0.155. The molecular weight excluding hydrogens is 272 g/mol. The first-order valence-corrected chi connectivity index (χ1v) is 7.37. The number of hydrogen-bond acceptors (Lipinski definition) is 4. The van der Waals surface area contributed by atoms with Gasteiger partial charge >= 0.3 is 5.97 Å². The van der Waals surface area contributed by atoms with Crippen LogP contribution in [0.2, 0.25) is 0 Å². The first kappa shape index (κ1) is 17.5. The van der Waals surface area contributed by atoms with Gasteiger partial charge in [0.05, 0.1) is 7.11 Å². The lowest BCUT2D eigenvalue weighted by atomic mass is 9.95. The zero-order valence-corrected chi connectivity index (χ0v) is 13.6. The van der Waals surface area contributed by atoms with Crippen LogP contribution in [-0.4, -0.2) is 48.4 Å². The van der Waals surface area contributed by atoms with Crippen molar-refractivity contribution < 1.29 is 19.1 Å². The van der Waals surface area contributed by atoms with E-state index in [2.05, 4.69) is 5.32 Å². The lowest BCUT2D eigenvalue weighted by Crippen LogP contribution is -2.55. The number of nitrogens with one attached hydrogen (secondary N) is 1. The van der Waals surface area contributed by atoms with Crippen LogP contribution in [0.4, 0.5) is 0 Å². The Balaban J connectivity index is 2.75. The van der Waals surface area contributed by atoms with Gasteiger partial charge in [-0.15, -0.1) is 0 Å². The number of esters is 1. The molecule has 0 saturated carbocycles.